The van der Waals surface area contributed by atoms with Crippen LogP contribution in [0.15, 0.2) is 41.8 Å². The van der Waals surface area contributed by atoms with E-state index in [0.29, 0.717) is 6.54 Å². The van der Waals surface area contributed by atoms with Crippen molar-refractivity contribution in [2.24, 2.45) is 7.05 Å². The molecular formula is C19H23N5OS. The lowest BCUT2D eigenvalue weighted by Crippen LogP contribution is -2.51. The third-order valence-corrected chi connectivity index (χ3v) is 5.77. The van der Waals surface area contributed by atoms with Gasteiger partial charge in [-0.1, -0.05) is 18.2 Å². The summed E-state index contributed by atoms with van der Waals surface area (Å²) in [5.41, 5.74) is 2.20. The first kappa shape index (κ1) is 17.1. The van der Waals surface area contributed by atoms with E-state index in [1.54, 1.807) is 11.3 Å². The highest BCUT2D eigenvalue weighted by atomic mass is 32.1. The maximum Gasteiger partial charge on any atom is 0.317 e. The first-order chi connectivity index (χ1) is 12.7. The number of urea groups is 1. The van der Waals surface area contributed by atoms with Crippen molar-refractivity contribution in [1.82, 2.24) is 24.7 Å². The molecule has 1 aliphatic heterocycles. The quantitative estimate of drug-likeness (QED) is 0.769. The normalized spacial score (nSPS) is 15.5. The van der Waals surface area contributed by atoms with Gasteiger partial charge >= 0.3 is 6.03 Å². The number of hydrogen-bond acceptors (Lipinski definition) is 4. The number of amides is 2. The molecule has 1 aromatic carbocycles. The van der Waals surface area contributed by atoms with Gasteiger partial charge in [-0.2, -0.15) is 0 Å². The van der Waals surface area contributed by atoms with Crippen molar-refractivity contribution in [3.8, 4) is 0 Å². The number of para-hydroxylation sites is 2. The molecule has 2 aromatic heterocycles. The highest BCUT2D eigenvalue weighted by Crippen LogP contribution is 2.16. The van der Waals surface area contributed by atoms with Crippen molar-refractivity contribution < 1.29 is 4.79 Å². The zero-order valence-electron chi connectivity index (χ0n) is 14.9. The van der Waals surface area contributed by atoms with Gasteiger partial charge in [0.2, 0.25) is 0 Å². The monoisotopic (exact) mass is 369 g/mol. The topological polar surface area (TPSA) is 53.4 Å². The Morgan fingerprint density at radius 2 is 1.96 bits per heavy atom. The molecule has 3 aromatic rings. The summed E-state index contributed by atoms with van der Waals surface area (Å²) in [6.45, 7) is 4.66. The van der Waals surface area contributed by atoms with E-state index in [1.165, 1.54) is 4.88 Å². The van der Waals surface area contributed by atoms with Gasteiger partial charge in [0, 0.05) is 38.1 Å². The summed E-state index contributed by atoms with van der Waals surface area (Å²) in [4.78, 5) is 22.5. The van der Waals surface area contributed by atoms with E-state index in [1.807, 2.05) is 34.5 Å². The molecule has 0 spiro atoms. The number of aromatic nitrogens is 2. The largest absolute Gasteiger partial charge is 0.333 e. The maximum absolute atomic E-state index is 12.3. The zero-order valence-corrected chi connectivity index (χ0v) is 15.7. The lowest BCUT2D eigenvalue weighted by molar-refractivity contribution is 0.133. The standard InChI is InChI=1S/C19H23N5OS/c1-22-17-7-3-2-6-16(17)21-18(22)14-23-8-10-24(11-9-23)19(25)20-13-15-5-4-12-26-15/h2-7,12H,8-11,13-14H2,1H3,(H,20,25). The summed E-state index contributed by atoms with van der Waals surface area (Å²) >= 11 is 1.67. The molecule has 26 heavy (non-hydrogen) atoms. The summed E-state index contributed by atoms with van der Waals surface area (Å²) < 4.78 is 2.16. The number of benzene rings is 1. The summed E-state index contributed by atoms with van der Waals surface area (Å²) in [5.74, 6) is 1.07. The predicted molar refractivity (Wildman–Crippen MR) is 104 cm³/mol. The minimum atomic E-state index is 0.0285. The van der Waals surface area contributed by atoms with Crippen LogP contribution in [0.2, 0.25) is 0 Å². The summed E-state index contributed by atoms with van der Waals surface area (Å²) in [5, 5.41) is 5.04. The highest BCUT2D eigenvalue weighted by molar-refractivity contribution is 7.09. The van der Waals surface area contributed by atoms with Gasteiger partial charge in [-0.3, -0.25) is 4.90 Å². The van der Waals surface area contributed by atoms with Crippen LogP contribution in [0, 0.1) is 0 Å². The van der Waals surface area contributed by atoms with Crippen molar-refractivity contribution in [3.63, 3.8) is 0 Å². The van der Waals surface area contributed by atoms with Crippen LogP contribution in [-0.4, -0.2) is 51.6 Å². The van der Waals surface area contributed by atoms with Crippen molar-refractivity contribution in [2.45, 2.75) is 13.1 Å². The third kappa shape index (κ3) is 3.59. The highest BCUT2D eigenvalue weighted by Gasteiger charge is 2.22. The molecule has 3 heterocycles. The van der Waals surface area contributed by atoms with Crippen LogP contribution in [-0.2, 0) is 20.1 Å². The molecule has 0 bridgehead atoms. The molecule has 4 rings (SSSR count). The van der Waals surface area contributed by atoms with Crippen molar-refractivity contribution in [1.29, 1.82) is 0 Å². The van der Waals surface area contributed by atoms with Gasteiger partial charge in [0.25, 0.3) is 0 Å². The summed E-state index contributed by atoms with van der Waals surface area (Å²) in [6, 6.07) is 12.3. The number of nitrogens with zero attached hydrogens (tertiary/aromatic N) is 4. The number of piperazine rings is 1. The van der Waals surface area contributed by atoms with Crippen LogP contribution < -0.4 is 5.32 Å². The number of fused-ring (bicyclic) bond motifs is 1. The van der Waals surface area contributed by atoms with Crippen molar-refractivity contribution in [3.05, 3.63) is 52.5 Å². The lowest BCUT2D eigenvalue weighted by atomic mass is 10.3. The first-order valence-corrected chi connectivity index (χ1v) is 9.76. The molecule has 1 aliphatic rings. The Bertz CT molecular complexity index is 881. The Balaban J connectivity index is 1.30. The van der Waals surface area contributed by atoms with Crippen molar-refractivity contribution >= 4 is 28.4 Å². The Labute approximate surface area is 157 Å². The van der Waals surface area contributed by atoms with Crippen LogP contribution in [0.5, 0.6) is 0 Å². The Morgan fingerprint density at radius 1 is 1.15 bits per heavy atom. The van der Waals surface area contributed by atoms with Crippen LogP contribution in [0.1, 0.15) is 10.7 Å². The van der Waals surface area contributed by atoms with Crippen LogP contribution >= 0.6 is 11.3 Å². The zero-order chi connectivity index (χ0) is 17.9. The molecular weight excluding hydrogens is 346 g/mol. The fraction of sp³-hybridized carbons (Fsp3) is 0.368. The lowest BCUT2D eigenvalue weighted by Gasteiger charge is -2.34. The molecule has 6 nitrogen and oxygen atoms in total. The molecule has 7 heteroatoms. The minimum Gasteiger partial charge on any atom is -0.333 e. The van der Waals surface area contributed by atoms with Gasteiger partial charge in [0.05, 0.1) is 24.1 Å². The summed E-state index contributed by atoms with van der Waals surface area (Å²) in [6.07, 6.45) is 0. The molecule has 0 aliphatic carbocycles. The number of rotatable bonds is 4. The molecule has 0 radical (unpaired) electrons. The van der Waals surface area contributed by atoms with E-state index in [2.05, 4.69) is 34.0 Å². The van der Waals surface area contributed by atoms with E-state index in [4.69, 9.17) is 4.98 Å². The predicted octanol–water partition coefficient (Wildman–Crippen LogP) is 2.66. The maximum atomic E-state index is 12.3. The first-order valence-electron chi connectivity index (χ1n) is 8.88. The number of carbonyl (C=O) groups is 1. The van der Waals surface area contributed by atoms with Crippen molar-refractivity contribution in [2.75, 3.05) is 26.2 Å². The van der Waals surface area contributed by atoms with Crippen LogP contribution in [0.25, 0.3) is 11.0 Å². The van der Waals surface area contributed by atoms with E-state index in [9.17, 15) is 4.79 Å². The Morgan fingerprint density at radius 3 is 2.69 bits per heavy atom. The second-order valence-corrected chi connectivity index (χ2v) is 7.61. The molecule has 1 saturated heterocycles. The average molecular weight is 369 g/mol. The van der Waals surface area contributed by atoms with Gasteiger partial charge in [-0.05, 0) is 23.6 Å². The second kappa shape index (κ2) is 7.47. The number of imidazole rings is 1. The number of hydrogen-bond donors (Lipinski definition) is 1. The number of thiophene rings is 1. The van der Waals surface area contributed by atoms with E-state index >= 15 is 0 Å². The summed E-state index contributed by atoms with van der Waals surface area (Å²) in [7, 11) is 2.07. The molecule has 0 atom stereocenters. The number of nitrogens with one attached hydrogen (secondary N) is 1. The van der Waals surface area contributed by atoms with Crippen LogP contribution in [0.3, 0.4) is 0 Å². The Kier molecular flexibility index (Phi) is 4.90. The van der Waals surface area contributed by atoms with E-state index in [0.717, 1.165) is 49.6 Å². The fourth-order valence-electron chi connectivity index (χ4n) is 3.33. The molecule has 0 unspecified atom stereocenters. The van der Waals surface area contributed by atoms with Gasteiger partial charge in [0.15, 0.2) is 0 Å². The van der Waals surface area contributed by atoms with Crippen LogP contribution in [0.4, 0.5) is 4.79 Å². The minimum absolute atomic E-state index is 0.0285. The number of carbonyl (C=O) groups excluding carboxylic acids is 1. The van der Waals surface area contributed by atoms with Gasteiger partial charge in [-0.15, -0.1) is 11.3 Å². The Hall–Kier alpha value is -2.38. The SMILES string of the molecule is Cn1c(CN2CCN(C(=O)NCc3cccs3)CC2)nc2ccccc21. The molecule has 1 fully saturated rings. The third-order valence-electron chi connectivity index (χ3n) is 4.90. The second-order valence-electron chi connectivity index (χ2n) is 6.58. The van der Waals surface area contributed by atoms with Gasteiger partial charge in [0.1, 0.15) is 5.82 Å². The number of aryl methyl sites for hydroxylation is 1. The van der Waals surface area contributed by atoms with E-state index < -0.39 is 0 Å². The molecule has 136 valence electrons. The average Bonchev–Trinajstić information content (AvgIpc) is 3.29. The molecule has 1 N–H and O–H groups in total. The molecule has 2 amide bonds. The van der Waals surface area contributed by atoms with Gasteiger partial charge in [-0.25, -0.2) is 9.78 Å². The molecule has 0 saturated carbocycles. The fourth-order valence-corrected chi connectivity index (χ4v) is 3.98. The smallest absolute Gasteiger partial charge is 0.317 e. The van der Waals surface area contributed by atoms with E-state index in [-0.39, 0.29) is 6.03 Å². The van der Waals surface area contributed by atoms with Gasteiger partial charge < -0.3 is 14.8 Å².